The zero-order valence-electron chi connectivity index (χ0n) is 12.3. The summed E-state index contributed by atoms with van der Waals surface area (Å²) < 4.78 is 1.79. The van der Waals surface area contributed by atoms with Crippen LogP contribution in [0.5, 0.6) is 0 Å². The van der Waals surface area contributed by atoms with E-state index in [0.29, 0.717) is 17.8 Å². The molecule has 0 unspecified atom stereocenters. The fourth-order valence-corrected chi connectivity index (χ4v) is 1.68. The van der Waals surface area contributed by atoms with Gasteiger partial charge in [-0.25, -0.2) is 0 Å². The van der Waals surface area contributed by atoms with Crippen molar-refractivity contribution in [3.8, 4) is 0 Å². The van der Waals surface area contributed by atoms with Crippen LogP contribution in [0.3, 0.4) is 0 Å². The third-order valence-electron chi connectivity index (χ3n) is 2.70. The van der Waals surface area contributed by atoms with Gasteiger partial charge in [0.1, 0.15) is 0 Å². The van der Waals surface area contributed by atoms with E-state index in [2.05, 4.69) is 30.7 Å². The molecule has 0 spiro atoms. The predicted molar refractivity (Wildman–Crippen MR) is 79.1 cm³/mol. The Balaban J connectivity index is 1.99. The lowest BCUT2D eigenvalue weighted by Gasteiger charge is -2.13. The normalized spacial score (nSPS) is 10.4. The third-order valence-corrected chi connectivity index (χ3v) is 2.70. The average Bonchev–Trinajstić information content (AvgIpc) is 2.84. The second kappa shape index (κ2) is 6.18. The first-order chi connectivity index (χ1) is 9.58. The molecule has 2 heterocycles. The van der Waals surface area contributed by atoms with Crippen LogP contribution in [0.4, 0.5) is 17.8 Å². The van der Waals surface area contributed by atoms with Crippen molar-refractivity contribution in [2.45, 2.75) is 6.42 Å². The molecule has 0 aliphatic rings. The van der Waals surface area contributed by atoms with Crippen LogP contribution in [0.1, 0.15) is 5.56 Å². The topological polar surface area (TPSA) is 83.8 Å². The van der Waals surface area contributed by atoms with E-state index >= 15 is 0 Å². The van der Waals surface area contributed by atoms with Gasteiger partial charge in [0, 0.05) is 40.9 Å². The Morgan fingerprint density at radius 1 is 1.20 bits per heavy atom. The van der Waals surface area contributed by atoms with Gasteiger partial charge < -0.3 is 15.5 Å². The van der Waals surface area contributed by atoms with Crippen LogP contribution in [-0.2, 0) is 13.5 Å². The van der Waals surface area contributed by atoms with Gasteiger partial charge in [0.15, 0.2) is 0 Å². The van der Waals surface area contributed by atoms with Gasteiger partial charge in [-0.3, -0.25) is 4.68 Å². The summed E-state index contributed by atoms with van der Waals surface area (Å²) in [7, 11) is 7.49. The fraction of sp³-hybridized carbons (Fsp3) is 0.500. The van der Waals surface area contributed by atoms with Crippen LogP contribution in [0.15, 0.2) is 12.4 Å². The first-order valence-corrected chi connectivity index (χ1v) is 6.41. The van der Waals surface area contributed by atoms with Crippen LogP contribution in [0.2, 0.25) is 0 Å². The van der Waals surface area contributed by atoms with Crippen LogP contribution >= 0.6 is 0 Å². The molecule has 2 aromatic heterocycles. The molecule has 0 radical (unpaired) electrons. The highest BCUT2D eigenvalue weighted by molar-refractivity contribution is 5.42. The standard InChI is InChI=1S/C12H20N8/c1-13-10-16-11(18-12(17-10)19(2)3)14-6-5-9-7-15-20(4)8-9/h7-8H,5-6H2,1-4H3,(H2,13,14,16,17,18). The molecule has 2 N–H and O–H groups in total. The molecule has 0 atom stereocenters. The van der Waals surface area contributed by atoms with Gasteiger partial charge in [-0.15, -0.1) is 0 Å². The highest BCUT2D eigenvalue weighted by atomic mass is 15.3. The molecule has 0 saturated carbocycles. The Bertz CT molecular complexity index is 562. The molecule has 0 amide bonds. The Morgan fingerprint density at radius 3 is 2.55 bits per heavy atom. The number of hydrogen-bond acceptors (Lipinski definition) is 7. The van der Waals surface area contributed by atoms with E-state index in [1.54, 1.807) is 11.7 Å². The van der Waals surface area contributed by atoms with Gasteiger partial charge >= 0.3 is 0 Å². The maximum absolute atomic E-state index is 4.35. The number of hydrogen-bond donors (Lipinski definition) is 2. The third kappa shape index (κ3) is 3.56. The largest absolute Gasteiger partial charge is 0.357 e. The molecular weight excluding hydrogens is 256 g/mol. The Hall–Kier alpha value is -2.38. The summed E-state index contributed by atoms with van der Waals surface area (Å²) in [6.07, 6.45) is 4.73. The van der Waals surface area contributed by atoms with Crippen molar-refractivity contribution >= 4 is 17.8 Å². The molecule has 0 saturated heterocycles. The first kappa shape index (κ1) is 14.0. The van der Waals surface area contributed by atoms with Crippen molar-refractivity contribution in [1.82, 2.24) is 24.7 Å². The maximum Gasteiger partial charge on any atom is 0.231 e. The molecule has 0 fully saturated rings. The molecule has 20 heavy (non-hydrogen) atoms. The van der Waals surface area contributed by atoms with E-state index in [1.165, 1.54) is 5.56 Å². The van der Waals surface area contributed by atoms with Gasteiger partial charge in [0.2, 0.25) is 17.8 Å². The molecule has 2 rings (SSSR count). The molecule has 0 aromatic carbocycles. The Labute approximate surface area is 118 Å². The highest BCUT2D eigenvalue weighted by Crippen LogP contribution is 2.11. The minimum atomic E-state index is 0.549. The van der Waals surface area contributed by atoms with Crippen molar-refractivity contribution in [3.05, 3.63) is 18.0 Å². The van der Waals surface area contributed by atoms with Gasteiger partial charge in [0.05, 0.1) is 6.20 Å². The summed E-state index contributed by atoms with van der Waals surface area (Å²) in [6.45, 7) is 0.742. The molecule has 0 aliphatic carbocycles. The Kier molecular flexibility index (Phi) is 4.34. The second-order valence-corrected chi connectivity index (χ2v) is 4.63. The van der Waals surface area contributed by atoms with Crippen molar-refractivity contribution in [1.29, 1.82) is 0 Å². The van der Waals surface area contributed by atoms with E-state index in [9.17, 15) is 0 Å². The predicted octanol–water partition coefficient (Wildman–Crippen LogP) is 0.367. The average molecular weight is 276 g/mol. The van der Waals surface area contributed by atoms with Crippen LogP contribution in [0, 0.1) is 0 Å². The minimum absolute atomic E-state index is 0.549. The van der Waals surface area contributed by atoms with Crippen LogP contribution in [-0.4, -0.2) is 52.4 Å². The summed E-state index contributed by atoms with van der Waals surface area (Å²) in [6, 6.07) is 0. The lowest BCUT2D eigenvalue weighted by Crippen LogP contribution is -2.17. The van der Waals surface area contributed by atoms with E-state index in [1.807, 2.05) is 38.4 Å². The van der Waals surface area contributed by atoms with E-state index in [0.717, 1.165) is 13.0 Å². The summed E-state index contributed by atoms with van der Waals surface area (Å²) in [5.74, 6) is 1.73. The van der Waals surface area contributed by atoms with Crippen LogP contribution < -0.4 is 15.5 Å². The number of nitrogens with one attached hydrogen (secondary N) is 2. The van der Waals surface area contributed by atoms with E-state index in [4.69, 9.17) is 0 Å². The van der Waals surface area contributed by atoms with Crippen molar-refractivity contribution in [3.63, 3.8) is 0 Å². The number of aryl methyl sites for hydroxylation is 1. The number of aromatic nitrogens is 5. The maximum atomic E-state index is 4.35. The lowest BCUT2D eigenvalue weighted by molar-refractivity contribution is 0.766. The first-order valence-electron chi connectivity index (χ1n) is 6.41. The fourth-order valence-electron chi connectivity index (χ4n) is 1.68. The van der Waals surface area contributed by atoms with Gasteiger partial charge in [-0.1, -0.05) is 0 Å². The van der Waals surface area contributed by atoms with Crippen molar-refractivity contribution < 1.29 is 0 Å². The molecule has 8 nitrogen and oxygen atoms in total. The summed E-state index contributed by atoms with van der Waals surface area (Å²) in [5.41, 5.74) is 1.18. The molecule has 108 valence electrons. The molecule has 0 bridgehead atoms. The molecular formula is C12H20N8. The second-order valence-electron chi connectivity index (χ2n) is 4.63. The number of anilines is 3. The quantitative estimate of drug-likeness (QED) is 0.788. The summed E-state index contributed by atoms with van der Waals surface area (Å²) >= 11 is 0. The zero-order chi connectivity index (χ0) is 14.5. The van der Waals surface area contributed by atoms with E-state index < -0.39 is 0 Å². The van der Waals surface area contributed by atoms with Crippen molar-refractivity contribution in [2.75, 3.05) is 43.2 Å². The Morgan fingerprint density at radius 2 is 1.95 bits per heavy atom. The SMILES string of the molecule is CNc1nc(NCCc2cnn(C)c2)nc(N(C)C)n1. The van der Waals surface area contributed by atoms with Gasteiger partial charge in [0.25, 0.3) is 0 Å². The monoisotopic (exact) mass is 276 g/mol. The van der Waals surface area contributed by atoms with Gasteiger partial charge in [-0.05, 0) is 12.0 Å². The number of rotatable bonds is 6. The molecule has 0 aliphatic heterocycles. The number of nitrogens with zero attached hydrogens (tertiary/aromatic N) is 6. The lowest BCUT2D eigenvalue weighted by atomic mass is 10.2. The zero-order valence-corrected chi connectivity index (χ0v) is 12.3. The van der Waals surface area contributed by atoms with E-state index in [-0.39, 0.29) is 0 Å². The van der Waals surface area contributed by atoms with Gasteiger partial charge in [-0.2, -0.15) is 20.1 Å². The minimum Gasteiger partial charge on any atom is -0.357 e. The summed E-state index contributed by atoms with van der Waals surface area (Å²) in [4.78, 5) is 14.7. The summed E-state index contributed by atoms with van der Waals surface area (Å²) in [5, 5.41) is 10.3. The molecule has 2 aromatic rings. The highest BCUT2D eigenvalue weighted by Gasteiger charge is 2.06. The molecule has 8 heteroatoms. The van der Waals surface area contributed by atoms with Crippen molar-refractivity contribution in [2.24, 2.45) is 7.05 Å². The smallest absolute Gasteiger partial charge is 0.231 e. The van der Waals surface area contributed by atoms with Crippen LogP contribution in [0.25, 0.3) is 0 Å².